The molecule has 1 unspecified atom stereocenters. The lowest BCUT2D eigenvalue weighted by atomic mass is 10.1. The minimum Gasteiger partial charge on any atom is -0.488 e. The predicted molar refractivity (Wildman–Crippen MR) is 80.1 cm³/mol. The van der Waals surface area contributed by atoms with Gasteiger partial charge in [-0.1, -0.05) is 12.1 Å². The minimum atomic E-state index is 0.195. The van der Waals surface area contributed by atoms with Gasteiger partial charge in [0.15, 0.2) is 0 Å². The van der Waals surface area contributed by atoms with Crippen LogP contribution in [0.4, 0.5) is 0 Å². The van der Waals surface area contributed by atoms with Gasteiger partial charge in [-0.2, -0.15) is 0 Å². The van der Waals surface area contributed by atoms with E-state index >= 15 is 0 Å². The van der Waals surface area contributed by atoms with Crippen molar-refractivity contribution in [3.63, 3.8) is 0 Å². The van der Waals surface area contributed by atoms with Crippen molar-refractivity contribution in [2.45, 2.75) is 26.0 Å². The van der Waals surface area contributed by atoms with Crippen LogP contribution in [0, 0.1) is 0 Å². The molecule has 1 heterocycles. The zero-order valence-electron chi connectivity index (χ0n) is 10.2. The van der Waals surface area contributed by atoms with Crippen LogP contribution in [-0.2, 0) is 13.0 Å². The Morgan fingerprint density at radius 2 is 1.94 bits per heavy atom. The van der Waals surface area contributed by atoms with E-state index in [4.69, 9.17) is 10.5 Å². The fourth-order valence-corrected chi connectivity index (χ4v) is 3.07. The van der Waals surface area contributed by atoms with Crippen LogP contribution in [0.3, 0.4) is 0 Å². The van der Waals surface area contributed by atoms with Crippen molar-refractivity contribution in [2.75, 3.05) is 0 Å². The number of hydrogen-bond acceptors (Lipinski definition) is 3. The van der Waals surface area contributed by atoms with Crippen LogP contribution in [0.5, 0.6) is 5.75 Å². The average Bonchev–Trinajstić information content (AvgIpc) is 2.74. The zero-order chi connectivity index (χ0) is 13.0. The summed E-state index contributed by atoms with van der Waals surface area (Å²) in [4.78, 5) is 1.21. The zero-order valence-corrected chi connectivity index (χ0v) is 12.6. The number of rotatable bonds is 5. The van der Waals surface area contributed by atoms with Crippen molar-refractivity contribution in [2.24, 2.45) is 5.73 Å². The van der Waals surface area contributed by atoms with Crippen LogP contribution in [0.1, 0.15) is 17.4 Å². The van der Waals surface area contributed by atoms with Gasteiger partial charge in [-0.05, 0) is 59.1 Å². The molecule has 1 aromatic heterocycles. The fourth-order valence-electron chi connectivity index (χ4n) is 1.68. The number of benzene rings is 1. The Bertz CT molecular complexity index is 493. The van der Waals surface area contributed by atoms with E-state index in [1.807, 2.05) is 25.1 Å². The molecular weight excluding hydrogens is 310 g/mol. The molecule has 2 aromatic rings. The van der Waals surface area contributed by atoms with Crippen molar-refractivity contribution in [3.8, 4) is 5.75 Å². The van der Waals surface area contributed by atoms with E-state index in [2.05, 4.69) is 34.1 Å². The third kappa shape index (κ3) is 4.12. The van der Waals surface area contributed by atoms with Crippen molar-refractivity contribution < 1.29 is 4.74 Å². The van der Waals surface area contributed by atoms with E-state index in [1.165, 1.54) is 10.4 Å². The molecule has 0 aliphatic rings. The highest BCUT2D eigenvalue weighted by Gasteiger charge is 2.01. The summed E-state index contributed by atoms with van der Waals surface area (Å²) >= 11 is 5.14. The second kappa shape index (κ2) is 6.36. The van der Waals surface area contributed by atoms with Crippen LogP contribution >= 0.6 is 27.3 Å². The molecule has 18 heavy (non-hydrogen) atoms. The fraction of sp³-hybridized carbons (Fsp3) is 0.286. The SMILES string of the molecule is CC(N)Cc1ccc(OCc2ccc(Br)s2)cc1. The summed E-state index contributed by atoms with van der Waals surface area (Å²) in [5.41, 5.74) is 7.01. The number of hydrogen-bond donors (Lipinski definition) is 1. The van der Waals surface area contributed by atoms with Gasteiger partial charge in [0.25, 0.3) is 0 Å². The molecule has 96 valence electrons. The summed E-state index contributed by atoms with van der Waals surface area (Å²) in [6.07, 6.45) is 0.901. The van der Waals surface area contributed by atoms with Gasteiger partial charge in [0, 0.05) is 10.9 Å². The third-order valence-corrected chi connectivity index (χ3v) is 4.09. The Morgan fingerprint density at radius 3 is 2.50 bits per heavy atom. The third-order valence-electron chi connectivity index (χ3n) is 2.49. The van der Waals surface area contributed by atoms with Gasteiger partial charge in [0.05, 0.1) is 3.79 Å². The van der Waals surface area contributed by atoms with Crippen LogP contribution < -0.4 is 10.5 Å². The molecule has 0 aliphatic heterocycles. The van der Waals surface area contributed by atoms with Gasteiger partial charge >= 0.3 is 0 Å². The van der Waals surface area contributed by atoms with Crippen LogP contribution in [0.25, 0.3) is 0 Å². The highest BCUT2D eigenvalue weighted by Crippen LogP contribution is 2.23. The molecule has 0 fully saturated rings. The minimum absolute atomic E-state index is 0.195. The van der Waals surface area contributed by atoms with E-state index in [-0.39, 0.29) is 6.04 Å². The van der Waals surface area contributed by atoms with Gasteiger partial charge in [-0.3, -0.25) is 0 Å². The monoisotopic (exact) mass is 325 g/mol. The quantitative estimate of drug-likeness (QED) is 0.902. The summed E-state index contributed by atoms with van der Waals surface area (Å²) in [7, 11) is 0. The van der Waals surface area contributed by atoms with E-state index in [9.17, 15) is 0 Å². The molecule has 1 atom stereocenters. The molecule has 4 heteroatoms. The topological polar surface area (TPSA) is 35.2 Å². The predicted octanol–water partition coefficient (Wildman–Crippen LogP) is 3.98. The number of ether oxygens (including phenoxy) is 1. The number of nitrogens with two attached hydrogens (primary N) is 1. The molecule has 0 saturated heterocycles. The summed E-state index contributed by atoms with van der Waals surface area (Å²) in [6, 6.07) is 12.4. The van der Waals surface area contributed by atoms with Gasteiger partial charge in [-0.15, -0.1) is 11.3 Å². The molecule has 0 radical (unpaired) electrons. The van der Waals surface area contributed by atoms with Crippen LogP contribution in [-0.4, -0.2) is 6.04 Å². The molecule has 2 nitrogen and oxygen atoms in total. The van der Waals surface area contributed by atoms with E-state index in [0.29, 0.717) is 6.61 Å². The molecular formula is C14H16BrNOS. The van der Waals surface area contributed by atoms with Gasteiger partial charge in [0.1, 0.15) is 12.4 Å². The first-order chi connectivity index (χ1) is 8.63. The molecule has 1 aromatic carbocycles. The summed E-state index contributed by atoms with van der Waals surface area (Å²) in [5.74, 6) is 0.896. The molecule has 0 saturated carbocycles. The molecule has 0 spiro atoms. The lowest BCUT2D eigenvalue weighted by Crippen LogP contribution is -2.17. The van der Waals surface area contributed by atoms with Gasteiger partial charge < -0.3 is 10.5 Å². The highest BCUT2D eigenvalue weighted by atomic mass is 79.9. The smallest absolute Gasteiger partial charge is 0.122 e. The van der Waals surface area contributed by atoms with Crippen molar-refractivity contribution in [1.82, 2.24) is 0 Å². The standard InChI is InChI=1S/C14H16BrNOS/c1-10(16)8-11-2-4-12(5-3-11)17-9-13-6-7-14(15)18-13/h2-7,10H,8-9,16H2,1H3. The Balaban J connectivity index is 1.90. The van der Waals surface area contributed by atoms with E-state index in [1.54, 1.807) is 11.3 Å². The highest BCUT2D eigenvalue weighted by molar-refractivity contribution is 9.11. The maximum atomic E-state index is 5.77. The first-order valence-corrected chi connectivity index (χ1v) is 7.46. The van der Waals surface area contributed by atoms with Crippen LogP contribution in [0.15, 0.2) is 40.2 Å². The van der Waals surface area contributed by atoms with Crippen molar-refractivity contribution in [1.29, 1.82) is 0 Å². The van der Waals surface area contributed by atoms with E-state index in [0.717, 1.165) is 16.0 Å². The Morgan fingerprint density at radius 1 is 1.22 bits per heavy atom. The Labute approximate surface area is 120 Å². The van der Waals surface area contributed by atoms with Crippen molar-refractivity contribution >= 4 is 27.3 Å². The average molecular weight is 326 g/mol. The Kier molecular flexibility index (Phi) is 4.80. The molecule has 2 rings (SSSR count). The largest absolute Gasteiger partial charge is 0.488 e. The van der Waals surface area contributed by atoms with Crippen LogP contribution in [0.2, 0.25) is 0 Å². The maximum Gasteiger partial charge on any atom is 0.122 e. The summed E-state index contributed by atoms with van der Waals surface area (Å²) in [6.45, 7) is 2.63. The normalized spacial score (nSPS) is 12.4. The number of halogens is 1. The van der Waals surface area contributed by atoms with Gasteiger partial charge in [-0.25, -0.2) is 0 Å². The second-order valence-corrected chi connectivity index (χ2v) is 6.87. The maximum absolute atomic E-state index is 5.77. The first kappa shape index (κ1) is 13.6. The van der Waals surface area contributed by atoms with Gasteiger partial charge in [0.2, 0.25) is 0 Å². The van der Waals surface area contributed by atoms with E-state index < -0.39 is 0 Å². The molecule has 0 bridgehead atoms. The lowest BCUT2D eigenvalue weighted by molar-refractivity contribution is 0.309. The molecule has 2 N–H and O–H groups in total. The first-order valence-electron chi connectivity index (χ1n) is 5.85. The summed E-state index contributed by atoms with van der Waals surface area (Å²) in [5, 5.41) is 0. The Hall–Kier alpha value is -0.840. The lowest BCUT2D eigenvalue weighted by Gasteiger charge is -2.07. The second-order valence-electron chi connectivity index (χ2n) is 4.32. The number of thiophene rings is 1. The van der Waals surface area contributed by atoms with Crippen molar-refractivity contribution in [3.05, 3.63) is 50.6 Å². The molecule has 0 amide bonds. The summed E-state index contributed by atoms with van der Waals surface area (Å²) < 4.78 is 6.86. The molecule has 0 aliphatic carbocycles.